The Labute approximate surface area is 103 Å². The lowest BCUT2D eigenvalue weighted by Gasteiger charge is -2.02. The number of thiophene rings is 1. The number of primary amides is 1. The topological polar surface area (TPSA) is 68.0 Å². The molecule has 0 unspecified atom stereocenters. The molecule has 1 amide bonds. The van der Waals surface area contributed by atoms with Gasteiger partial charge in [-0.15, -0.1) is 11.3 Å². The molecule has 2 heterocycles. The lowest BCUT2D eigenvalue weighted by molar-refractivity contribution is 0.100. The van der Waals surface area contributed by atoms with E-state index in [1.165, 1.54) is 11.3 Å². The maximum atomic E-state index is 10.9. The Kier molecular flexibility index (Phi) is 3.85. The van der Waals surface area contributed by atoms with E-state index < -0.39 is 0 Å². The van der Waals surface area contributed by atoms with Crippen LogP contribution < -0.4 is 11.1 Å². The second-order valence-electron chi connectivity index (χ2n) is 3.63. The first-order chi connectivity index (χ1) is 8.25. The molecule has 0 aliphatic heterocycles. The first kappa shape index (κ1) is 11.8. The van der Waals surface area contributed by atoms with Crippen molar-refractivity contribution in [3.63, 3.8) is 0 Å². The van der Waals surface area contributed by atoms with Gasteiger partial charge >= 0.3 is 0 Å². The average Bonchev–Trinajstić information content (AvgIpc) is 2.79. The standard InChI is InChI=1S/C12H13N3OS/c13-12(16)10-4-11(17-8-10)7-15-6-9-2-1-3-14-5-9/h1-5,8,15H,6-7H2,(H2,13,16). The van der Waals surface area contributed by atoms with Crippen LogP contribution in [0.15, 0.2) is 36.0 Å². The minimum atomic E-state index is -0.375. The Morgan fingerprint density at radius 2 is 2.35 bits per heavy atom. The number of nitrogens with two attached hydrogens (primary N) is 1. The van der Waals surface area contributed by atoms with E-state index in [0.717, 1.165) is 23.5 Å². The molecule has 4 nitrogen and oxygen atoms in total. The Hall–Kier alpha value is -1.72. The van der Waals surface area contributed by atoms with Crippen LogP contribution in [-0.2, 0) is 13.1 Å². The molecule has 0 aromatic carbocycles. The molecule has 2 aromatic rings. The minimum absolute atomic E-state index is 0.375. The van der Waals surface area contributed by atoms with E-state index in [-0.39, 0.29) is 5.91 Å². The van der Waals surface area contributed by atoms with Crippen molar-refractivity contribution in [3.05, 3.63) is 52.0 Å². The van der Waals surface area contributed by atoms with Gasteiger partial charge in [0.05, 0.1) is 5.56 Å². The normalized spacial score (nSPS) is 10.4. The van der Waals surface area contributed by atoms with Crippen molar-refractivity contribution in [2.75, 3.05) is 0 Å². The van der Waals surface area contributed by atoms with Gasteiger partial charge in [0, 0.05) is 35.7 Å². The molecule has 0 spiro atoms. The predicted octanol–water partition coefficient (Wildman–Crippen LogP) is 1.53. The first-order valence-electron chi connectivity index (χ1n) is 5.22. The van der Waals surface area contributed by atoms with Crippen molar-refractivity contribution in [2.45, 2.75) is 13.1 Å². The van der Waals surface area contributed by atoms with Crippen LogP contribution in [0.2, 0.25) is 0 Å². The Morgan fingerprint density at radius 3 is 3.00 bits per heavy atom. The van der Waals surface area contributed by atoms with Crippen LogP contribution in [0.3, 0.4) is 0 Å². The SMILES string of the molecule is NC(=O)c1csc(CNCc2cccnc2)c1. The molecule has 0 radical (unpaired) electrons. The smallest absolute Gasteiger partial charge is 0.249 e. The van der Waals surface area contributed by atoms with Crippen LogP contribution in [0.4, 0.5) is 0 Å². The van der Waals surface area contributed by atoms with Crippen molar-refractivity contribution in [2.24, 2.45) is 5.73 Å². The zero-order chi connectivity index (χ0) is 12.1. The number of carbonyl (C=O) groups excluding carboxylic acids is 1. The van der Waals surface area contributed by atoms with Gasteiger partial charge in [0.1, 0.15) is 0 Å². The summed E-state index contributed by atoms with van der Waals surface area (Å²) in [5.74, 6) is -0.375. The largest absolute Gasteiger partial charge is 0.366 e. The molecule has 0 atom stereocenters. The molecule has 2 rings (SSSR count). The van der Waals surface area contributed by atoms with Gasteiger partial charge in [-0.05, 0) is 17.7 Å². The summed E-state index contributed by atoms with van der Waals surface area (Å²) < 4.78 is 0. The van der Waals surface area contributed by atoms with Crippen LogP contribution >= 0.6 is 11.3 Å². The fourth-order valence-electron chi connectivity index (χ4n) is 1.44. The molecule has 3 N–H and O–H groups in total. The summed E-state index contributed by atoms with van der Waals surface area (Å²) >= 11 is 1.53. The number of hydrogen-bond acceptors (Lipinski definition) is 4. The Bertz CT molecular complexity index is 495. The summed E-state index contributed by atoms with van der Waals surface area (Å²) in [6.07, 6.45) is 3.58. The lowest BCUT2D eigenvalue weighted by Crippen LogP contribution is -2.12. The van der Waals surface area contributed by atoms with Crippen molar-refractivity contribution < 1.29 is 4.79 Å². The first-order valence-corrected chi connectivity index (χ1v) is 6.10. The third kappa shape index (κ3) is 3.37. The van der Waals surface area contributed by atoms with Crippen molar-refractivity contribution in [3.8, 4) is 0 Å². The molecular weight excluding hydrogens is 234 g/mol. The molecule has 0 saturated heterocycles. The fourth-order valence-corrected chi connectivity index (χ4v) is 2.28. The number of rotatable bonds is 5. The van der Waals surface area contributed by atoms with E-state index in [1.54, 1.807) is 11.6 Å². The van der Waals surface area contributed by atoms with Crippen molar-refractivity contribution >= 4 is 17.2 Å². The zero-order valence-electron chi connectivity index (χ0n) is 9.22. The molecule has 0 fully saturated rings. The molecule has 0 aliphatic carbocycles. The number of pyridine rings is 1. The fraction of sp³-hybridized carbons (Fsp3) is 0.167. The molecule has 0 bridgehead atoms. The highest BCUT2D eigenvalue weighted by molar-refractivity contribution is 7.10. The monoisotopic (exact) mass is 247 g/mol. The molecular formula is C12H13N3OS. The van der Waals surface area contributed by atoms with Crippen molar-refractivity contribution in [1.29, 1.82) is 0 Å². The van der Waals surface area contributed by atoms with Crippen LogP contribution in [0, 0.1) is 0 Å². The average molecular weight is 247 g/mol. The summed E-state index contributed by atoms with van der Waals surface area (Å²) in [5.41, 5.74) is 6.90. The number of carbonyl (C=O) groups is 1. The van der Waals surface area contributed by atoms with Crippen LogP contribution in [0.25, 0.3) is 0 Å². The summed E-state index contributed by atoms with van der Waals surface area (Å²) in [6.45, 7) is 1.49. The number of aromatic nitrogens is 1. The molecule has 17 heavy (non-hydrogen) atoms. The van der Waals surface area contributed by atoms with Gasteiger partial charge < -0.3 is 11.1 Å². The molecule has 0 aliphatic rings. The third-order valence-corrected chi connectivity index (χ3v) is 3.23. The lowest BCUT2D eigenvalue weighted by atomic mass is 10.3. The van der Waals surface area contributed by atoms with Crippen LogP contribution in [0.5, 0.6) is 0 Å². The highest BCUT2D eigenvalue weighted by Crippen LogP contribution is 2.13. The van der Waals surface area contributed by atoms with Gasteiger partial charge in [0.25, 0.3) is 0 Å². The minimum Gasteiger partial charge on any atom is -0.366 e. The summed E-state index contributed by atoms with van der Waals surface area (Å²) in [7, 11) is 0. The number of nitrogens with one attached hydrogen (secondary N) is 1. The van der Waals surface area contributed by atoms with E-state index in [1.807, 2.05) is 24.4 Å². The third-order valence-electron chi connectivity index (χ3n) is 2.29. The summed E-state index contributed by atoms with van der Waals surface area (Å²) in [6, 6.07) is 5.75. The molecule has 88 valence electrons. The summed E-state index contributed by atoms with van der Waals surface area (Å²) in [4.78, 5) is 16.0. The maximum absolute atomic E-state index is 10.9. The second kappa shape index (κ2) is 5.56. The van der Waals surface area contributed by atoms with E-state index in [2.05, 4.69) is 10.3 Å². The number of nitrogens with zero attached hydrogens (tertiary/aromatic N) is 1. The highest BCUT2D eigenvalue weighted by atomic mass is 32.1. The maximum Gasteiger partial charge on any atom is 0.249 e. The number of amides is 1. The zero-order valence-corrected chi connectivity index (χ0v) is 10.0. The summed E-state index contributed by atoms with van der Waals surface area (Å²) in [5, 5.41) is 5.07. The number of hydrogen-bond donors (Lipinski definition) is 2. The van der Waals surface area contributed by atoms with Gasteiger partial charge in [0.2, 0.25) is 5.91 Å². The van der Waals surface area contributed by atoms with E-state index in [0.29, 0.717) is 5.56 Å². The van der Waals surface area contributed by atoms with E-state index in [9.17, 15) is 4.79 Å². The van der Waals surface area contributed by atoms with Gasteiger partial charge in [-0.1, -0.05) is 6.07 Å². The van der Waals surface area contributed by atoms with Gasteiger partial charge in [-0.3, -0.25) is 9.78 Å². The van der Waals surface area contributed by atoms with Gasteiger partial charge in [-0.25, -0.2) is 0 Å². The van der Waals surface area contributed by atoms with E-state index in [4.69, 9.17) is 5.73 Å². The quantitative estimate of drug-likeness (QED) is 0.842. The molecule has 2 aromatic heterocycles. The molecule has 5 heteroatoms. The molecule has 0 saturated carbocycles. The predicted molar refractivity (Wildman–Crippen MR) is 67.6 cm³/mol. The van der Waals surface area contributed by atoms with E-state index >= 15 is 0 Å². The van der Waals surface area contributed by atoms with Crippen LogP contribution in [0.1, 0.15) is 20.8 Å². The van der Waals surface area contributed by atoms with Gasteiger partial charge in [-0.2, -0.15) is 0 Å². The van der Waals surface area contributed by atoms with Gasteiger partial charge in [0.15, 0.2) is 0 Å². The highest BCUT2D eigenvalue weighted by Gasteiger charge is 2.04. The Morgan fingerprint density at radius 1 is 1.47 bits per heavy atom. The van der Waals surface area contributed by atoms with Crippen LogP contribution in [-0.4, -0.2) is 10.9 Å². The second-order valence-corrected chi connectivity index (χ2v) is 4.63. The Balaban J connectivity index is 1.84. The van der Waals surface area contributed by atoms with Crippen molar-refractivity contribution in [1.82, 2.24) is 10.3 Å².